The Bertz CT molecular complexity index is 639. The van der Waals surface area contributed by atoms with E-state index in [1.165, 1.54) is 12.1 Å². The Balaban J connectivity index is 1.61. The fraction of sp³-hybridized carbons (Fsp3) is 0.571. The van der Waals surface area contributed by atoms with Gasteiger partial charge in [0, 0.05) is 19.0 Å². The highest BCUT2D eigenvalue weighted by atomic mass is 32.2. The van der Waals surface area contributed by atoms with Gasteiger partial charge in [-0.3, -0.25) is 0 Å². The molecule has 0 radical (unpaired) electrons. The summed E-state index contributed by atoms with van der Waals surface area (Å²) in [6, 6.07) is 4.54. The summed E-state index contributed by atoms with van der Waals surface area (Å²) in [4.78, 5) is 0.146. The lowest BCUT2D eigenvalue weighted by Gasteiger charge is -2.33. The summed E-state index contributed by atoms with van der Waals surface area (Å²) in [5.41, 5.74) is 0. The summed E-state index contributed by atoms with van der Waals surface area (Å²) in [7, 11) is -3.61. The van der Waals surface area contributed by atoms with Gasteiger partial charge in [-0.1, -0.05) is 0 Å². The SMILES string of the molecule is CC1(CCNS(=O)(=O)c2ccc3c(c2)OCO3)OCCCO1. The molecule has 0 unspecified atom stereocenters. The Morgan fingerprint density at radius 3 is 2.68 bits per heavy atom. The zero-order valence-electron chi connectivity index (χ0n) is 12.3. The van der Waals surface area contributed by atoms with Gasteiger partial charge in [0.05, 0.1) is 18.1 Å². The molecule has 1 N–H and O–H groups in total. The predicted octanol–water partition coefficient (Wildman–Crippen LogP) is 1.24. The minimum absolute atomic E-state index is 0.110. The van der Waals surface area contributed by atoms with Crippen LogP contribution in [0.2, 0.25) is 0 Å². The Morgan fingerprint density at radius 1 is 1.18 bits per heavy atom. The van der Waals surface area contributed by atoms with Gasteiger partial charge in [-0.2, -0.15) is 0 Å². The second-order valence-corrected chi connectivity index (χ2v) is 7.11. The summed E-state index contributed by atoms with van der Waals surface area (Å²) >= 11 is 0. The molecule has 0 amide bonds. The lowest BCUT2D eigenvalue weighted by molar-refractivity contribution is -0.257. The molecule has 1 aromatic rings. The monoisotopic (exact) mass is 329 g/mol. The predicted molar refractivity (Wildman–Crippen MR) is 77.3 cm³/mol. The van der Waals surface area contributed by atoms with Crippen LogP contribution in [0, 0.1) is 0 Å². The summed E-state index contributed by atoms with van der Waals surface area (Å²) in [5, 5.41) is 0. The van der Waals surface area contributed by atoms with Crippen molar-refractivity contribution in [2.75, 3.05) is 26.6 Å². The van der Waals surface area contributed by atoms with E-state index in [4.69, 9.17) is 18.9 Å². The van der Waals surface area contributed by atoms with Gasteiger partial charge in [-0.15, -0.1) is 0 Å². The van der Waals surface area contributed by atoms with Crippen molar-refractivity contribution in [1.29, 1.82) is 0 Å². The van der Waals surface area contributed by atoms with E-state index in [-0.39, 0.29) is 18.2 Å². The number of benzene rings is 1. The van der Waals surface area contributed by atoms with Gasteiger partial charge in [-0.05, 0) is 25.5 Å². The molecule has 1 saturated heterocycles. The molecule has 0 saturated carbocycles. The first-order valence-electron chi connectivity index (χ1n) is 7.16. The van der Waals surface area contributed by atoms with Gasteiger partial charge in [0.2, 0.25) is 16.8 Å². The molecule has 7 nitrogen and oxygen atoms in total. The van der Waals surface area contributed by atoms with Crippen molar-refractivity contribution in [3.05, 3.63) is 18.2 Å². The number of ether oxygens (including phenoxy) is 4. The zero-order valence-corrected chi connectivity index (χ0v) is 13.1. The van der Waals surface area contributed by atoms with Crippen molar-refractivity contribution in [3.63, 3.8) is 0 Å². The average molecular weight is 329 g/mol. The molecule has 0 atom stereocenters. The Hall–Kier alpha value is -1.35. The zero-order chi connectivity index (χ0) is 15.6. The van der Waals surface area contributed by atoms with E-state index in [1.54, 1.807) is 6.07 Å². The number of nitrogens with one attached hydrogen (secondary N) is 1. The maximum absolute atomic E-state index is 12.3. The van der Waals surface area contributed by atoms with Crippen molar-refractivity contribution < 1.29 is 27.4 Å². The Morgan fingerprint density at radius 2 is 1.91 bits per heavy atom. The molecule has 0 aromatic heterocycles. The van der Waals surface area contributed by atoms with Gasteiger partial charge in [0.25, 0.3) is 0 Å². The van der Waals surface area contributed by atoms with E-state index in [0.29, 0.717) is 31.1 Å². The molecule has 2 heterocycles. The Labute approximate surface area is 129 Å². The van der Waals surface area contributed by atoms with Gasteiger partial charge in [-0.25, -0.2) is 13.1 Å². The van der Waals surface area contributed by atoms with Crippen LogP contribution >= 0.6 is 0 Å². The summed E-state index contributed by atoms with van der Waals surface area (Å²) < 4.78 is 48.6. The fourth-order valence-corrected chi connectivity index (χ4v) is 3.41. The third-order valence-corrected chi connectivity index (χ3v) is 5.09. The van der Waals surface area contributed by atoms with Crippen molar-refractivity contribution in [2.45, 2.75) is 30.4 Å². The molecule has 3 rings (SSSR count). The largest absolute Gasteiger partial charge is 0.454 e. The molecular formula is C14H19NO6S. The van der Waals surface area contributed by atoms with Crippen LogP contribution in [0.5, 0.6) is 11.5 Å². The van der Waals surface area contributed by atoms with E-state index >= 15 is 0 Å². The van der Waals surface area contributed by atoms with E-state index < -0.39 is 15.8 Å². The fourth-order valence-electron chi connectivity index (χ4n) is 2.36. The molecule has 2 aliphatic rings. The molecule has 2 aliphatic heterocycles. The van der Waals surface area contributed by atoms with Crippen molar-refractivity contribution in [2.24, 2.45) is 0 Å². The highest BCUT2D eigenvalue weighted by Gasteiger charge is 2.29. The molecule has 22 heavy (non-hydrogen) atoms. The van der Waals surface area contributed by atoms with Gasteiger partial charge >= 0.3 is 0 Å². The van der Waals surface area contributed by atoms with Crippen LogP contribution in [0.3, 0.4) is 0 Å². The molecule has 0 bridgehead atoms. The van der Waals surface area contributed by atoms with Crippen LogP contribution in [0.1, 0.15) is 19.8 Å². The van der Waals surface area contributed by atoms with Gasteiger partial charge in [0.1, 0.15) is 0 Å². The van der Waals surface area contributed by atoms with Crippen LogP contribution in [-0.2, 0) is 19.5 Å². The van der Waals surface area contributed by atoms with Gasteiger partial charge in [0.15, 0.2) is 17.3 Å². The van der Waals surface area contributed by atoms with Crippen LogP contribution < -0.4 is 14.2 Å². The average Bonchev–Trinajstić information content (AvgIpc) is 2.95. The van der Waals surface area contributed by atoms with Crippen molar-refractivity contribution in [1.82, 2.24) is 4.72 Å². The van der Waals surface area contributed by atoms with E-state index in [2.05, 4.69) is 4.72 Å². The van der Waals surface area contributed by atoms with Crippen molar-refractivity contribution in [3.8, 4) is 11.5 Å². The third kappa shape index (κ3) is 3.35. The molecule has 0 aliphatic carbocycles. The lowest BCUT2D eigenvalue weighted by atomic mass is 10.2. The maximum Gasteiger partial charge on any atom is 0.240 e. The van der Waals surface area contributed by atoms with Gasteiger partial charge < -0.3 is 18.9 Å². The summed E-state index contributed by atoms with van der Waals surface area (Å²) in [6.07, 6.45) is 1.30. The maximum atomic E-state index is 12.3. The second-order valence-electron chi connectivity index (χ2n) is 5.35. The first-order valence-corrected chi connectivity index (χ1v) is 8.64. The van der Waals surface area contributed by atoms with Crippen LogP contribution in [0.4, 0.5) is 0 Å². The number of rotatable bonds is 5. The van der Waals surface area contributed by atoms with E-state index in [1.807, 2.05) is 6.92 Å². The van der Waals surface area contributed by atoms with Crippen molar-refractivity contribution >= 4 is 10.0 Å². The smallest absolute Gasteiger partial charge is 0.240 e. The molecule has 0 spiro atoms. The van der Waals surface area contributed by atoms with Crippen LogP contribution in [-0.4, -0.2) is 40.8 Å². The van der Waals surface area contributed by atoms with E-state index in [9.17, 15) is 8.42 Å². The van der Waals surface area contributed by atoms with Crippen LogP contribution in [0.15, 0.2) is 23.1 Å². The molecule has 1 fully saturated rings. The molecular weight excluding hydrogens is 310 g/mol. The second kappa shape index (κ2) is 6.04. The number of hydrogen-bond acceptors (Lipinski definition) is 6. The standard InChI is InChI=1S/C14H19NO6S/c1-14(20-7-2-8-21-14)5-6-15-22(16,17)11-3-4-12-13(9-11)19-10-18-12/h3-4,9,15H,2,5-8,10H2,1H3. The first kappa shape index (κ1) is 15.5. The third-order valence-electron chi connectivity index (χ3n) is 3.63. The number of hydrogen-bond donors (Lipinski definition) is 1. The highest BCUT2D eigenvalue weighted by Crippen LogP contribution is 2.33. The molecule has 122 valence electrons. The lowest BCUT2D eigenvalue weighted by Crippen LogP contribution is -2.40. The quantitative estimate of drug-likeness (QED) is 0.875. The highest BCUT2D eigenvalue weighted by molar-refractivity contribution is 7.89. The number of fused-ring (bicyclic) bond motifs is 1. The topological polar surface area (TPSA) is 83.1 Å². The first-order chi connectivity index (χ1) is 10.5. The Kier molecular flexibility index (Phi) is 4.26. The minimum atomic E-state index is -3.61. The summed E-state index contributed by atoms with van der Waals surface area (Å²) in [6.45, 7) is 3.42. The minimum Gasteiger partial charge on any atom is -0.454 e. The number of sulfonamides is 1. The summed E-state index contributed by atoms with van der Waals surface area (Å²) in [5.74, 6) is 0.264. The van der Waals surface area contributed by atoms with Crippen LogP contribution in [0.25, 0.3) is 0 Å². The molecule has 8 heteroatoms. The van der Waals surface area contributed by atoms with E-state index in [0.717, 1.165) is 6.42 Å². The normalized spacial score (nSPS) is 20.0. The molecule has 1 aromatic carbocycles.